The summed E-state index contributed by atoms with van der Waals surface area (Å²) in [6.07, 6.45) is 0.00512. The van der Waals surface area contributed by atoms with Gasteiger partial charge in [-0.05, 0) is 79.4 Å². The fourth-order valence-electron chi connectivity index (χ4n) is 3.81. The largest absolute Gasteiger partial charge is 0.491 e. The van der Waals surface area contributed by atoms with Gasteiger partial charge in [-0.3, -0.25) is 9.59 Å². The third-order valence-electron chi connectivity index (χ3n) is 5.53. The molecule has 0 bridgehead atoms. The molecule has 0 fully saturated rings. The average molecular weight is 459 g/mol. The van der Waals surface area contributed by atoms with Crippen molar-refractivity contribution in [2.24, 2.45) is 0 Å². The van der Waals surface area contributed by atoms with Crippen molar-refractivity contribution in [1.82, 2.24) is 0 Å². The number of anilines is 2. The van der Waals surface area contributed by atoms with Crippen LogP contribution in [0.4, 0.5) is 15.8 Å². The van der Waals surface area contributed by atoms with Crippen molar-refractivity contribution in [2.75, 3.05) is 10.2 Å². The first kappa shape index (κ1) is 23.2. The van der Waals surface area contributed by atoms with Crippen LogP contribution < -0.4 is 15.0 Å². The van der Waals surface area contributed by atoms with Crippen LogP contribution in [0.5, 0.6) is 5.75 Å². The number of nitrogens with zero attached hydrogens (tertiary/aromatic N) is 1. The Morgan fingerprint density at radius 2 is 1.41 bits per heavy atom. The highest BCUT2D eigenvalue weighted by Gasteiger charge is 2.40. The van der Waals surface area contributed by atoms with Crippen molar-refractivity contribution in [3.05, 3.63) is 95.4 Å². The Kier molecular flexibility index (Phi) is 6.50. The molecular weight excluding hydrogens is 431 g/mol. The average Bonchev–Trinajstić information content (AvgIpc) is 3.04. The van der Waals surface area contributed by atoms with Crippen molar-refractivity contribution in [3.8, 4) is 5.75 Å². The topological polar surface area (TPSA) is 58.6 Å². The quantitative estimate of drug-likeness (QED) is 0.433. The minimum absolute atomic E-state index is 0.00512. The summed E-state index contributed by atoms with van der Waals surface area (Å²) in [5.74, 6) is -0.355. The first-order valence-electron chi connectivity index (χ1n) is 11.3. The highest BCUT2D eigenvalue weighted by molar-refractivity contribution is 6.46. The lowest BCUT2D eigenvalue weighted by Gasteiger charge is -2.17. The molecule has 0 aromatic heterocycles. The van der Waals surface area contributed by atoms with E-state index in [-0.39, 0.29) is 17.4 Å². The van der Waals surface area contributed by atoms with E-state index in [1.54, 1.807) is 24.3 Å². The van der Waals surface area contributed by atoms with E-state index < -0.39 is 17.6 Å². The number of benzene rings is 3. The van der Waals surface area contributed by atoms with E-state index in [9.17, 15) is 14.0 Å². The maximum absolute atomic E-state index is 13.6. The predicted molar refractivity (Wildman–Crippen MR) is 132 cm³/mol. The highest BCUT2D eigenvalue weighted by atomic mass is 19.1. The molecule has 3 aromatic rings. The zero-order valence-corrected chi connectivity index (χ0v) is 19.6. The van der Waals surface area contributed by atoms with E-state index >= 15 is 0 Å². The maximum atomic E-state index is 13.6. The van der Waals surface area contributed by atoms with Gasteiger partial charge in [0.25, 0.3) is 11.8 Å². The lowest BCUT2D eigenvalue weighted by atomic mass is 10.0. The summed E-state index contributed by atoms with van der Waals surface area (Å²) in [6.45, 7) is 8.05. The number of carbonyl (C=O) groups excluding carboxylic acids is 2. The molecule has 0 radical (unpaired) electrons. The summed E-state index contributed by atoms with van der Waals surface area (Å²) < 4.78 is 19.2. The fraction of sp³-hybridized carbons (Fsp3) is 0.214. The van der Waals surface area contributed by atoms with Crippen molar-refractivity contribution in [1.29, 1.82) is 0 Å². The molecule has 1 heterocycles. The molecule has 174 valence electrons. The van der Waals surface area contributed by atoms with Gasteiger partial charge in [-0.15, -0.1) is 0 Å². The number of hydrogen-bond donors (Lipinski definition) is 1. The molecule has 5 nitrogen and oxygen atoms in total. The van der Waals surface area contributed by atoms with Crippen LogP contribution in [0.1, 0.15) is 44.7 Å². The molecule has 2 amide bonds. The maximum Gasteiger partial charge on any atom is 0.282 e. The molecule has 0 unspecified atom stereocenters. The van der Waals surface area contributed by atoms with Gasteiger partial charge in [-0.25, -0.2) is 9.29 Å². The number of imide groups is 1. The van der Waals surface area contributed by atoms with Gasteiger partial charge in [-0.1, -0.05) is 38.1 Å². The van der Waals surface area contributed by atoms with Gasteiger partial charge in [0.05, 0.1) is 17.4 Å². The molecule has 6 heteroatoms. The zero-order chi connectivity index (χ0) is 24.4. The monoisotopic (exact) mass is 458 g/mol. The number of carbonyl (C=O) groups is 2. The lowest BCUT2D eigenvalue weighted by molar-refractivity contribution is -0.120. The molecule has 0 saturated carbocycles. The van der Waals surface area contributed by atoms with Crippen LogP contribution in [-0.4, -0.2) is 17.9 Å². The lowest BCUT2D eigenvalue weighted by Crippen LogP contribution is -2.32. The second kappa shape index (κ2) is 9.51. The molecule has 1 aliphatic heterocycles. The normalized spacial score (nSPS) is 13.9. The third kappa shape index (κ3) is 4.71. The first-order chi connectivity index (χ1) is 16.2. The number of ether oxygens (including phenoxy) is 1. The van der Waals surface area contributed by atoms with Crippen molar-refractivity contribution < 1.29 is 18.7 Å². The van der Waals surface area contributed by atoms with Crippen LogP contribution in [0.15, 0.2) is 78.5 Å². The summed E-state index contributed by atoms with van der Waals surface area (Å²) in [5, 5.41) is 3.14. The van der Waals surface area contributed by atoms with Gasteiger partial charge in [0.2, 0.25) is 0 Å². The van der Waals surface area contributed by atoms with Gasteiger partial charge in [-0.2, -0.15) is 0 Å². The van der Waals surface area contributed by atoms with E-state index in [2.05, 4.69) is 19.2 Å². The number of amides is 2. The molecule has 1 N–H and O–H groups in total. The molecule has 34 heavy (non-hydrogen) atoms. The van der Waals surface area contributed by atoms with E-state index in [0.717, 1.165) is 10.5 Å². The van der Waals surface area contributed by atoms with Crippen molar-refractivity contribution in [3.63, 3.8) is 0 Å². The van der Waals surface area contributed by atoms with Crippen LogP contribution in [0.3, 0.4) is 0 Å². The molecule has 0 spiro atoms. The van der Waals surface area contributed by atoms with Crippen LogP contribution >= 0.6 is 0 Å². The van der Waals surface area contributed by atoms with E-state index in [4.69, 9.17) is 4.74 Å². The Morgan fingerprint density at radius 3 is 1.97 bits per heavy atom. The van der Waals surface area contributed by atoms with Gasteiger partial charge in [0.1, 0.15) is 17.3 Å². The number of halogens is 1. The van der Waals surface area contributed by atoms with Gasteiger partial charge < -0.3 is 10.1 Å². The first-order valence-corrected chi connectivity index (χ1v) is 11.3. The number of nitrogens with one attached hydrogen (secondary N) is 1. The van der Waals surface area contributed by atoms with Gasteiger partial charge in [0, 0.05) is 5.69 Å². The minimum atomic E-state index is -0.477. The standard InChI is InChI=1S/C28H27FN2O3/c1-17(2)19-7-11-22(12-8-19)30-26-25(20-5-9-21(29)10-6-20)27(32)31(28(26)33)23-13-15-24(16-14-23)34-18(3)4/h5-18,30H,1-4H3. The smallest absolute Gasteiger partial charge is 0.282 e. The number of hydrogen-bond acceptors (Lipinski definition) is 4. The minimum Gasteiger partial charge on any atom is -0.491 e. The van der Waals surface area contributed by atoms with E-state index in [1.165, 1.54) is 24.3 Å². The molecule has 0 saturated heterocycles. The fourth-order valence-corrected chi connectivity index (χ4v) is 3.81. The van der Waals surface area contributed by atoms with Crippen molar-refractivity contribution in [2.45, 2.75) is 39.7 Å². The van der Waals surface area contributed by atoms with Gasteiger partial charge in [0.15, 0.2) is 0 Å². The Morgan fingerprint density at radius 1 is 0.794 bits per heavy atom. The Hall–Kier alpha value is -3.93. The zero-order valence-electron chi connectivity index (χ0n) is 19.6. The molecule has 3 aromatic carbocycles. The molecule has 4 rings (SSSR count). The summed E-state index contributed by atoms with van der Waals surface area (Å²) >= 11 is 0. The van der Waals surface area contributed by atoms with Gasteiger partial charge >= 0.3 is 0 Å². The summed E-state index contributed by atoms with van der Waals surface area (Å²) in [5.41, 5.74) is 3.08. The highest BCUT2D eigenvalue weighted by Crippen LogP contribution is 2.34. The SMILES string of the molecule is CC(C)Oc1ccc(N2C(=O)C(Nc3ccc(C(C)C)cc3)=C(c3ccc(F)cc3)C2=O)cc1. The summed E-state index contributed by atoms with van der Waals surface area (Å²) in [6, 6.07) is 20.1. The van der Waals surface area contributed by atoms with Crippen molar-refractivity contribution >= 4 is 28.8 Å². The van der Waals surface area contributed by atoms with Crippen LogP contribution in [-0.2, 0) is 9.59 Å². The van der Waals surface area contributed by atoms with Crippen LogP contribution in [0.25, 0.3) is 5.57 Å². The third-order valence-corrected chi connectivity index (χ3v) is 5.53. The molecule has 0 aliphatic carbocycles. The van der Waals surface area contributed by atoms with E-state index in [1.807, 2.05) is 38.1 Å². The predicted octanol–water partition coefficient (Wildman–Crippen LogP) is 6.13. The Labute approximate surface area is 198 Å². The summed E-state index contributed by atoms with van der Waals surface area (Å²) in [7, 11) is 0. The Balaban J connectivity index is 1.72. The molecule has 0 atom stereocenters. The molecule has 1 aliphatic rings. The number of rotatable bonds is 7. The second-order valence-electron chi connectivity index (χ2n) is 8.76. The Bertz CT molecular complexity index is 1230. The second-order valence-corrected chi connectivity index (χ2v) is 8.76. The van der Waals surface area contributed by atoms with E-state index in [0.29, 0.717) is 28.6 Å². The van der Waals surface area contributed by atoms with Crippen LogP contribution in [0.2, 0.25) is 0 Å². The summed E-state index contributed by atoms with van der Waals surface area (Å²) in [4.78, 5) is 28.1. The molecular formula is C28H27FN2O3. The van der Waals surface area contributed by atoms with Crippen LogP contribution in [0, 0.1) is 5.82 Å².